The van der Waals surface area contributed by atoms with E-state index in [2.05, 4.69) is 0 Å². The molecule has 6 heteroatoms. The Kier molecular flexibility index (Phi) is 7.06. The second-order valence-electron chi connectivity index (χ2n) is 4.26. The molecular weight excluding hydrogens is 275 g/mol. The Labute approximate surface area is 119 Å². The highest BCUT2D eigenvalue weighted by Gasteiger charge is 2.10. The third-order valence-corrected chi connectivity index (χ3v) is 2.35. The molecule has 0 bridgehead atoms. The summed E-state index contributed by atoms with van der Waals surface area (Å²) < 4.78 is 5.11. The summed E-state index contributed by atoms with van der Waals surface area (Å²) in [6, 6.07) is 5.41. The zero-order valence-electron chi connectivity index (χ0n) is 10.9. The zero-order valence-corrected chi connectivity index (χ0v) is 12.4. The average Bonchev–Trinajstić information content (AvgIpc) is 2.20. The smallest absolute Gasteiger partial charge is 0.414 e. The molecule has 0 atom stereocenters. The minimum Gasteiger partial charge on any atom is -1.00 e. The number of rotatable bonds is 3. The monoisotopic (exact) mass is 291 g/mol. The lowest BCUT2D eigenvalue weighted by Gasteiger charge is -2.13. The lowest BCUT2D eigenvalue weighted by atomic mass is 10.2. The maximum absolute atomic E-state index is 11.4. The second kappa shape index (κ2) is 7.46. The molecule has 0 unspecified atom stereocenters. The fourth-order valence-corrected chi connectivity index (χ4v) is 1.52. The van der Waals surface area contributed by atoms with Crippen LogP contribution in [0.1, 0.15) is 5.56 Å². The summed E-state index contributed by atoms with van der Waals surface area (Å²) in [5.41, 5.74) is 1.07. The van der Waals surface area contributed by atoms with Gasteiger partial charge in [-0.1, -0.05) is 17.7 Å². The van der Waals surface area contributed by atoms with E-state index in [1.165, 1.54) is 4.90 Å². The van der Waals surface area contributed by atoms with Crippen molar-refractivity contribution < 1.29 is 21.9 Å². The topological polar surface area (TPSA) is 32.8 Å². The van der Waals surface area contributed by atoms with Gasteiger partial charge in [-0.15, -0.1) is 0 Å². The highest BCUT2D eigenvalue weighted by molar-refractivity contribution is 6.32. The maximum Gasteiger partial charge on any atom is 0.414 e. The normalized spacial score (nSPS) is 9.89. The molecule has 4 nitrogen and oxygen atoms in total. The minimum absolute atomic E-state index is 0. The lowest BCUT2D eigenvalue weighted by molar-refractivity contribution is -0.00000867. The van der Waals surface area contributed by atoms with Crippen molar-refractivity contribution in [2.45, 2.75) is 6.54 Å². The molecule has 0 saturated heterocycles. The summed E-state index contributed by atoms with van der Waals surface area (Å²) in [5.74, 6) is 0.382. The molecule has 1 rings (SSSR count). The Bertz CT molecular complexity index is 409. The zero-order chi connectivity index (χ0) is 13.0. The molecule has 18 heavy (non-hydrogen) atoms. The lowest BCUT2D eigenvalue weighted by Crippen LogP contribution is -3.00. The fraction of sp³-hybridized carbons (Fsp3) is 0.417. The summed E-state index contributed by atoms with van der Waals surface area (Å²) in [6.45, 7) is 0.793. The minimum atomic E-state index is -0.438. The summed E-state index contributed by atoms with van der Waals surface area (Å²) in [7, 11) is 7.20. The van der Waals surface area contributed by atoms with Crippen LogP contribution in [0.15, 0.2) is 18.2 Å². The second-order valence-corrected chi connectivity index (χ2v) is 4.67. The van der Waals surface area contributed by atoms with Crippen molar-refractivity contribution in [2.75, 3.05) is 28.2 Å². The largest absolute Gasteiger partial charge is 1.00 e. The first-order valence-corrected chi connectivity index (χ1v) is 5.60. The van der Waals surface area contributed by atoms with Gasteiger partial charge >= 0.3 is 6.09 Å². The third-order valence-electron chi connectivity index (χ3n) is 2.06. The Morgan fingerprint density at radius 2 is 1.89 bits per heavy atom. The van der Waals surface area contributed by atoms with Crippen LogP contribution in [-0.4, -0.2) is 44.1 Å². The van der Waals surface area contributed by atoms with Crippen molar-refractivity contribution in [1.82, 2.24) is 9.80 Å². The molecule has 1 amide bonds. The molecule has 0 radical (unpaired) electrons. The molecule has 0 fully saturated rings. The molecule has 0 aliphatic rings. The summed E-state index contributed by atoms with van der Waals surface area (Å²) in [6.07, 6.45) is -0.438. The molecule has 0 saturated carbocycles. The van der Waals surface area contributed by atoms with Crippen LogP contribution in [-0.2, 0) is 6.54 Å². The van der Waals surface area contributed by atoms with Crippen LogP contribution in [0.4, 0.5) is 4.79 Å². The van der Waals surface area contributed by atoms with Crippen LogP contribution in [0, 0.1) is 0 Å². The van der Waals surface area contributed by atoms with E-state index in [9.17, 15) is 4.79 Å². The van der Waals surface area contributed by atoms with Crippen molar-refractivity contribution in [3.63, 3.8) is 0 Å². The predicted octanol–water partition coefficient (Wildman–Crippen LogP) is -0.534. The average molecular weight is 292 g/mol. The maximum atomic E-state index is 11.4. The van der Waals surface area contributed by atoms with Gasteiger partial charge in [0.1, 0.15) is 0 Å². The first-order valence-electron chi connectivity index (χ1n) is 5.22. The van der Waals surface area contributed by atoms with Gasteiger partial charge in [-0.25, -0.2) is 4.79 Å². The fourth-order valence-electron chi connectivity index (χ4n) is 1.28. The molecule has 0 spiro atoms. The Hall–Kier alpha value is -0.970. The number of ether oxygens (including phenoxy) is 1. The van der Waals surface area contributed by atoms with E-state index in [1.54, 1.807) is 26.2 Å². The Morgan fingerprint density at radius 3 is 2.33 bits per heavy atom. The van der Waals surface area contributed by atoms with Gasteiger partial charge in [0.2, 0.25) is 0 Å². The van der Waals surface area contributed by atoms with Gasteiger partial charge < -0.3 is 26.9 Å². The van der Waals surface area contributed by atoms with Crippen LogP contribution in [0.3, 0.4) is 0 Å². The van der Waals surface area contributed by atoms with E-state index >= 15 is 0 Å². The van der Waals surface area contributed by atoms with Crippen LogP contribution in [0.2, 0.25) is 5.02 Å². The van der Waals surface area contributed by atoms with E-state index < -0.39 is 6.09 Å². The molecule has 0 N–H and O–H groups in total. The number of benzene rings is 1. The summed E-state index contributed by atoms with van der Waals surface area (Å²) >= 11 is 6.05. The molecular formula is C12H17Cl2N2O2-. The Balaban J connectivity index is 0.00000289. The molecule has 1 aromatic rings. The molecule has 0 aliphatic carbocycles. The van der Waals surface area contributed by atoms with Crippen LogP contribution in [0.5, 0.6) is 5.75 Å². The van der Waals surface area contributed by atoms with E-state index in [1.807, 2.05) is 25.1 Å². The van der Waals surface area contributed by atoms with Crippen LogP contribution < -0.4 is 17.1 Å². The highest BCUT2D eigenvalue weighted by Crippen LogP contribution is 2.26. The number of hydrogen-bond donors (Lipinski definition) is 0. The summed E-state index contributed by atoms with van der Waals surface area (Å²) in [4.78, 5) is 14.8. The van der Waals surface area contributed by atoms with Gasteiger partial charge in [0.15, 0.2) is 5.75 Å². The van der Waals surface area contributed by atoms with Gasteiger partial charge in [0.05, 0.1) is 5.02 Å². The van der Waals surface area contributed by atoms with E-state index in [0.29, 0.717) is 10.8 Å². The van der Waals surface area contributed by atoms with E-state index in [4.69, 9.17) is 16.3 Å². The molecule has 1 aromatic carbocycles. The van der Waals surface area contributed by atoms with Gasteiger partial charge in [0, 0.05) is 20.6 Å². The SMILES string of the molecule is CN(C)Cc1ccc(OC(=O)N(C)C)c(Cl)c1.[Cl-]. The number of hydrogen-bond acceptors (Lipinski definition) is 3. The van der Waals surface area contributed by atoms with E-state index in [0.717, 1.165) is 12.1 Å². The van der Waals surface area contributed by atoms with Crippen molar-refractivity contribution in [2.24, 2.45) is 0 Å². The Morgan fingerprint density at radius 1 is 1.28 bits per heavy atom. The van der Waals surface area contributed by atoms with Crippen LogP contribution >= 0.6 is 11.6 Å². The van der Waals surface area contributed by atoms with Crippen molar-refractivity contribution in [1.29, 1.82) is 0 Å². The van der Waals surface area contributed by atoms with Crippen molar-refractivity contribution in [3.05, 3.63) is 28.8 Å². The quantitative estimate of drug-likeness (QED) is 0.750. The first-order chi connectivity index (χ1) is 7.90. The standard InChI is InChI=1S/C12H17ClN2O2.ClH/c1-14(2)8-9-5-6-11(10(13)7-9)17-12(16)15(3)4;/h5-7H,8H2,1-4H3;1H/p-1. The number of amides is 1. The summed E-state index contributed by atoms with van der Waals surface area (Å²) in [5, 5.41) is 0.444. The van der Waals surface area contributed by atoms with Crippen LogP contribution in [0.25, 0.3) is 0 Å². The van der Waals surface area contributed by atoms with Crippen molar-refractivity contribution in [3.8, 4) is 5.75 Å². The molecule has 102 valence electrons. The van der Waals surface area contributed by atoms with Gasteiger partial charge in [-0.3, -0.25) is 0 Å². The van der Waals surface area contributed by atoms with E-state index in [-0.39, 0.29) is 12.4 Å². The molecule has 0 aliphatic heterocycles. The number of carbonyl (C=O) groups excluding carboxylic acids is 1. The number of halogens is 2. The molecule has 0 heterocycles. The van der Waals surface area contributed by atoms with Gasteiger partial charge in [0.25, 0.3) is 0 Å². The predicted molar refractivity (Wildman–Crippen MR) is 68.6 cm³/mol. The van der Waals surface area contributed by atoms with Gasteiger partial charge in [-0.2, -0.15) is 0 Å². The van der Waals surface area contributed by atoms with Crippen molar-refractivity contribution >= 4 is 17.7 Å². The third kappa shape index (κ3) is 5.12. The number of nitrogens with zero attached hydrogens (tertiary/aromatic N) is 2. The number of carbonyl (C=O) groups is 1. The van der Waals surface area contributed by atoms with Gasteiger partial charge in [-0.05, 0) is 31.8 Å². The highest BCUT2D eigenvalue weighted by atomic mass is 35.5. The first kappa shape index (κ1) is 17.0. The molecule has 0 aromatic heterocycles.